The van der Waals surface area contributed by atoms with Gasteiger partial charge in [0.2, 0.25) is 11.9 Å². The van der Waals surface area contributed by atoms with Crippen molar-refractivity contribution in [1.82, 2.24) is 19.9 Å². The minimum Gasteiger partial charge on any atom is -0.444 e. The summed E-state index contributed by atoms with van der Waals surface area (Å²) in [6, 6.07) is 37.5. The summed E-state index contributed by atoms with van der Waals surface area (Å²) in [7, 11) is 0. The molecule has 0 aliphatic heterocycles. The van der Waals surface area contributed by atoms with E-state index in [0.29, 0.717) is 29.0 Å². The molecule has 0 aliphatic rings. The maximum atomic E-state index is 11.8. The molecular weight excluding hydrogens is 769 g/mol. The van der Waals surface area contributed by atoms with Gasteiger partial charge in [-0.1, -0.05) is 43.8 Å². The van der Waals surface area contributed by atoms with Gasteiger partial charge >= 0.3 is 12.2 Å². The molecule has 14 heteroatoms. The molecule has 8 N–H and O–H groups in total. The second-order valence-corrected chi connectivity index (χ2v) is 15.6. The van der Waals surface area contributed by atoms with E-state index in [1.807, 2.05) is 140 Å². The number of nitrogens with two attached hydrogens (primary N) is 2. The van der Waals surface area contributed by atoms with Crippen LogP contribution >= 0.6 is 0 Å². The quantitative estimate of drug-likeness (QED) is 0.0867. The van der Waals surface area contributed by atoms with E-state index in [2.05, 4.69) is 41.2 Å². The molecule has 0 fully saturated rings. The number of hydrogen-bond donors (Lipinski definition) is 6. The fraction of sp³-hybridized carbons (Fsp3) is 0.234. The van der Waals surface area contributed by atoms with Gasteiger partial charge in [0.15, 0.2) is 0 Å². The van der Waals surface area contributed by atoms with Gasteiger partial charge in [-0.3, -0.25) is 10.6 Å². The van der Waals surface area contributed by atoms with Crippen LogP contribution in [0.1, 0.15) is 60.4 Å². The number of nitrogen functional groups attached to an aromatic ring is 2. The van der Waals surface area contributed by atoms with E-state index in [-0.39, 0.29) is 7.43 Å². The molecular formula is C47H56N10O4. The topological polar surface area (TPSA) is 204 Å². The number of carbonyl (C=O) groups is 2. The Kier molecular flexibility index (Phi) is 15.5. The third kappa shape index (κ3) is 15.0. The van der Waals surface area contributed by atoms with Crippen LogP contribution in [-0.4, -0.2) is 43.3 Å². The molecule has 0 radical (unpaired) electrons. The predicted molar refractivity (Wildman–Crippen MR) is 250 cm³/mol. The van der Waals surface area contributed by atoms with Gasteiger partial charge in [-0.2, -0.15) is 0 Å². The molecule has 5 aromatic carbocycles. The summed E-state index contributed by atoms with van der Waals surface area (Å²) in [4.78, 5) is 41.1. The average Bonchev–Trinajstić information content (AvgIpc) is 3.17. The Morgan fingerprint density at radius 1 is 0.475 bits per heavy atom. The highest BCUT2D eigenvalue weighted by Crippen LogP contribution is 2.23. The van der Waals surface area contributed by atoms with E-state index in [1.165, 1.54) is 0 Å². The molecule has 2 aromatic heterocycles. The number of para-hydroxylation sites is 2. The van der Waals surface area contributed by atoms with E-state index in [1.54, 1.807) is 36.4 Å². The summed E-state index contributed by atoms with van der Waals surface area (Å²) in [5.41, 5.74) is 18.3. The molecule has 0 spiro atoms. The first-order valence-electron chi connectivity index (χ1n) is 19.2. The molecule has 2 amide bonds. The summed E-state index contributed by atoms with van der Waals surface area (Å²) in [5, 5.41) is 13.8. The number of amides is 2. The van der Waals surface area contributed by atoms with E-state index >= 15 is 0 Å². The number of aromatic nitrogens is 4. The standard InChI is InChI=1S/C20H22N4O2.C15H14N4.C11H16N2O2.CH4/c1-13-16-7-5-6-8-17(16)24-18(21-13)22-14-9-11-15(12-10-14)23-19(25)26-20(2,3)4;1-10-13-4-2-3-5-14(13)19-15(17-10)18-12-8-6-11(16)7-9-12;1-11(2,3)15-10(14)13-9-6-4-8(12)5-7-9;/h5-12H,1-4H3,(H,23,25)(H,21,22,24);2-9H,16H2,1H3,(H,17,18,19);4-7H,12H2,1-3H3,(H,13,14);1H4. The number of anilines is 8. The predicted octanol–water partition coefficient (Wildman–Crippen LogP) is 11.5. The largest absolute Gasteiger partial charge is 0.444 e. The minimum atomic E-state index is -0.531. The first-order chi connectivity index (χ1) is 28.4. The molecule has 0 unspecified atom stereocenters. The smallest absolute Gasteiger partial charge is 0.412 e. The van der Waals surface area contributed by atoms with Gasteiger partial charge in [0.25, 0.3) is 0 Å². The van der Waals surface area contributed by atoms with Crippen LogP contribution in [0.3, 0.4) is 0 Å². The van der Waals surface area contributed by atoms with Crippen LogP contribution in [-0.2, 0) is 9.47 Å². The van der Waals surface area contributed by atoms with Crippen molar-refractivity contribution in [2.45, 2.75) is 74.0 Å². The highest BCUT2D eigenvalue weighted by molar-refractivity contribution is 5.86. The Morgan fingerprint density at radius 3 is 1.15 bits per heavy atom. The maximum absolute atomic E-state index is 11.8. The lowest BCUT2D eigenvalue weighted by molar-refractivity contribution is 0.0624. The normalized spacial score (nSPS) is 10.8. The number of nitrogens with one attached hydrogen (secondary N) is 4. The van der Waals surface area contributed by atoms with Crippen LogP contribution in [0.25, 0.3) is 21.8 Å². The highest BCUT2D eigenvalue weighted by atomic mass is 16.6. The summed E-state index contributed by atoms with van der Waals surface area (Å²) >= 11 is 0. The highest BCUT2D eigenvalue weighted by Gasteiger charge is 2.17. The molecule has 0 aliphatic carbocycles. The van der Waals surface area contributed by atoms with Gasteiger partial charge in [-0.25, -0.2) is 29.5 Å². The zero-order valence-electron chi connectivity index (χ0n) is 35.1. The average molecular weight is 825 g/mol. The van der Waals surface area contributed by atoms with Crippen LogP contribution in [0.5, 0.6) is 0 Å². The Hall–Kier alpha value is -7.48. The zero-order valence-corrected chi connectivity index (χ0v) is 35.1. The van der Waals surface area contributed by atoms with Gasteiger partial charge in [0, 0.05) is 44.9 Å². The monoisotopic (exact) mass is 824 g/mol. The molecule has 7 rings (SSSR count). The van der Waals surface area contributed by atoms with E-state index in [9.17, 15) is 9.59 Å². The Labute approximate surface area is 357 Å². The fourth-order valence-electron chi connectivity index (χ4n) is 5.45. The molecule has 318 valence electrons. The van der Waals surface area contributed by atoms with Gasteiger partial charge in [-0.05, 0) is 140 Å². The van der Waals surface area contributed by atoms with Crippen molar-refractivity contribution in [2.24, 2.45) is 0 Å². The molecule has 14 nitrogen and oxygen atoms in total. The first-order valence-corrected chi connectivity index (χ1v) is 19.2. The van der Waals surface area contributed by atoms with Crippen LogP contribution in [0.15, 0.2) is 121 Å². The number of carbonyl (C=O) groups excluding carboxylic acids is 2. The van der Waals surface area contributed by atoms with Crippen molar-refractivity contribution in [3.63, 3.8) is 0 Å². The molecule has 0 atom stereocenters. The lowest BCUT2D eigenvalue weighted by atomic mass is 10.2. The van der Waals surface area contributed by atoms with Gasteiger partial charge in [-0.15, -0.1) is 0 Å². The third-order valence-corrected chi connectivity index (χ3v) is 8.10. The Bertz CT molecular complexity index is 2530. The number of hydrogen-bond acceptors (Lipinski definition) is 12. The summed E-state index contributed by atoms with van der Waals surface area (Å²) < 4.78 is 10.3. The maximum Gasteiger partial charge on any atom is 0.412 e. The molecule has 0 saturated carbocycles. The van der Waals surface area contributed by atoms with Crippen LogP contribution in [0, 0.1) is 13.8 Å². The molecule has 7 aromatic rings. The molecule has 61 heavy (non-hydrogen) atoms. The van der Waals surface area contributed by atoms with Crippen molar-refractivity contribution < 1.29 is 19.1 Å². The van der Waals surface area contributed by atoms with E-state index in [4.69, 9.17) is 20.9 Å². The van der Waals surface area contributed by atoms with Crippen molar-refractivity contribution in [3.05, 3.63) is 133 Å². The van der Waals surface area contributed by atoms with Crippen molar-refractivity contribution in [1.29, 1.82) is 0 Å². The summed E-state index contributed by atoms with van der Waals surface area (Å²) in [6.45, 7) is 14.9. The molecule has 0 bridgehead atoms. The summed E-state index contributed by atoms with van der Waals surface area (Å²) in [6.07, 6.45) is -0.945. The number of rotatable bonds is 6. The van der Waals surface area contributed by atoms with E-state index < -0.39 is 23.4 Å². The summed E-state index contributed by atoms with van der Waals surface area (Å²) in [5.74, 6) is 1.13. The van der Waals surface area contributed by atoms with Gasteiger partial charge in [0.1, 0.15) is 11.2 Å². The number of aryl methyl sites for hydroxylation is 2. The van der Waals surface area contributed by atoms with Gasteiger partial charge in [0.05, 0.1) is 22.4 Å². The molecule has 0 saturated heterocycles. The first kappa shape index (κ1) is 46.2. The molecule has 2 heterocycles. The van der Waals surface area contributed by atoms with Gasteiger partial charge < -0.3 is 31.6 Å². The second-order valence-electron chi connectivity index (χ2n) is 15.6. The number of fused-ring (bicyclic) bond motifs is 2. The van der Waals surface area contributed by atoms with Crippen LogP contribution in [0.4, 0.5) is 55.6 Å². The Morgan fingerprint density at radius 2 is 0.787 bits per heavy atom. The van der Waals surface area contributed by atoms with Crippen LogP contribution in [0.2, 0.25) is 0 Å². The Balaban J connectivity index is 0.000000208. The SMILES string of the molecule is C.CC(C)(C)OC(=O)Nc1ccc(N)cc1.Cc1nc(Nc2ccc(N)cc2)nc2ccccc12.Cc1nc(Nc2ccc(NC(=O)OC(C)(C)C)cc2)nc2ccccc12. The minimum absolute atomic E-state index is 0. The lowest BCUT2D eigenvalue weighted by Gasteiger charge is -2.19. The van der Waals surface area contributed by atoms with Crippen molar-refractivity contribution in [2.75, 3.05) is 32.7 Å². The van der Waals surface area contributed by atoms with Crippen LogP contribution < -0.4 is 32.7 Å². The van der Waals surface area contributed by atoms with Crippen molar-refractivity contribution in [3.8, 4) is 0 Å². The number of ether oxygens (including phenoxy) is 2. The number of nitrogens with zero attached hydrogens (tertiary/aromatic N) is 4. The lowest BCUT2D eigenvalue weighted by Crippen LogP contribution is -2.27. The fourth-order valence-corrected chi connectivity index (χ4v) is 5.45. The third-order valence-electron chi connectivity index (χ3n) is 8.10. The zero-order chi connectivity index (χ0) is 43.5. The second kappa shape index (κ2) is 20.5. The van der Waals surface area contributed by atoms with E-state index in [0.717, 1.165) is 50.3 Å². The van der Waals surface area contributed by atoms with Crippen molar-refractivity contribution >= 4 is 80.0 Å². The number of benzene rings is 5.